The zero-order chi connectivity index (χ0) is 23.1. The number of tetrazole rings is 1. The number of nitro groups is 1. The summed E-state index contributed by atoms with van der Waals surface area (Å²) >= 11 is 0. The van der Waals surface area contributed by atoms with Gasteiger partial charge < -0.3 is 14.8 Å². The molecule has 0 bridgehead atoms. The largest absolute Gasteiger partial charge is 0.493 e. The summed E-state index contributed by atoms with van der Waals surface area (Å²) in [5.41, 5.74) is 1.10. The molecule has 1 atom stereocenters. The van der Waals surface area contributed by atoms with Crippen LogP contribution in [0, 0.1) is 10.1 Å². The second-order valence-corrected chi connectivity index (χ2v) is 7.05. The molecule has 0 radical (unpaired) electrons. The summed E-state index contributed by atoms with van der Waals surface area (Å²) in [6, 6.07) is 10.5. The van der Waals surface area contributed by atoms with Crippen LogP contribution in [0.25, 0.3) is 11.3 Å². The maximum absolute atomic E-state index is 12.8. The van der Waals surface area contributed by atoms with Crippen LogP contribution in [0.15, 0.2) is 47.3 Å². The first-order valence-corrected chi connectivity index (χ1v) is 9.66. The molecule has 33 heavy (non-hydrogen) atoms. The first-order valence-electron chi connectivity index (χ1n) is 9.66. The van der Waals surface area contributed by atoms with E-state index in [0.29, 0.717) is 33.9 Å². The number of nitrogens with zero attached hydrogens (tertiary/aromatic N) is 6. The van der Waals surface area contributed by atoms with Crippen LogP contribution in [0.4, 0.5) is 17.3 Å². The predicted octanol–water partition coefficient (Wildman–Crippen LogP) is 2.04. The van der Waals surface area contributed by atoms with Gasteiger partial charge in [-0.25, -0.2) is 5.10 Å². The van der Waals surface area contributed by atoms with Crippen molar-refractivity contribution in [2.45, 2.75) is 6.04 Å². The monoisotopic (exact) mass is 448 g/mol. The van der Waals surface area contributed by atoms with Crippen molar-refractivity contribution < 1.29 is 14.4 Å². The molecule has 0 aliphatic carbocycles. The average Bonchev–Trinajstić information content (AvgIpc) is 3.31. The highest BCUT2D eigenvalue weighted by Gasteiger charge is 2.37. The highest BCUT2D eigenvalue weighted by atomic mass is 16.6. The summed E-state index contributed by atoms with van der Waals surface area (Å²) < 4.78 is 12.1. The van der Waals surface area contributed by atoms with E-state index in [1.165, 1.54) is 25.0 Å². The number of hydrogen-bond acceptors (Lipinski definition) is 10. The minimum absolute atomic E-state index is 0.139. The molecule has 2 aromatic carbocycles. The van der Waals surface area contributed by atoms with Crippen LogP contribution in [0.1, 0.15) is 17.2 Å². The summed E-state index contributed by atoms with van der Waals surface area (Å²) in [6.07, 6.45) is 0. The lowest BCUT2D eigenvalue weighted by molar-refractivity contribution is -0.385. The lowest BCUT2D eigenvalue weighted by atomic mass is 9.91. The van der Waals surface area contributed by atoms with Crippen molar-refractivity contribution in [3.05, 3.63) is 74.1 Å². The Hall–Kier alpha value is -4.81. The number of anilines is 2. The van der Waals surface area contributed by atoms with E-state index in [1.54, 1.807) is 36.4 Å². The molecule has 0 saturated heterocycles. The number of H-pyrrole nitrogens is 1. The molecule has 166 valence electrons. The molecule has 0 spiro atoms. The molecule has 1 aliphatic rings. The normalized spacial score (nSPS) is 14.1. The van der Waals surface area contributed by atoms with Crippen molar-refractivity contribution in [1.29, 1.82) is 0 Å². The zero-order valence-electron chi connectivity index (χ0n) is 17.3. The molecule has 0 saturated carbocycles. The standard InChI is InChI=1S/C20H16N8O5/c1-32-13-8-7-10(9-14(13)33-2)16-15-17(19(29)23-22-16)21-20-24-25-26-27(20)18(15)11-5-3-4-6-12(11)28(30)31/h3-9,18H,1-2H3,(H,23,29)(H,21,24,26). The number of hydrogen-bond donors (Lipinski definition) is 2. The number of ether oxygens (including phenoxy) is 2. The number of benzene rings is 2. The fourth-order valence-electron chi connectivity index (χ4n) is 3.91. The minimum Gasteiger partial charge on any atom is -0.493 e. The number of fused-ring (bicyclic) bond motifs is 2. The highest BCUT2D eigenvalue weighted by molar-refractivity contribution is 5.77. The molecule has 0 fully saturated rings. The molecule has 1 unspecified atom stereocenters. The van der Waals surface area contributed by atoms with E-state index in [2.05, 4.69) is 31.0 Å². The molecule has 0 amide bonds. The first-order chi connectivity index (χ1) is 16.0. The summed E-state index contributed by atoms with van der Waals surface area (Å²) in [5.74, 6) is 1.13. The number of rotatable bonds is 5. The Morgan fingerprint density at radius 1 is 1.12 bits per heavy atom. The number of para-hydroxylation sites is 1. The Kier molecular flexibility index (Phi) is 4.70. The lowest BCUT2D eigenvalue weighted by Gasteiger charge is -2.27. The Morgan fingerprint density at radius 3 is 2.67 bits per heavy atom. The Bertz CT molecular complexity index is 1450. The van der Waals surface area contributed by atoms with Crippen LogP contribution >= 0.6 is 0 Å². The van der Waals surface area contributed by atoms with E-state index in [9.17, 15) is 14.9 Å². The third kappa shape index (κ3) is 3.13. The van der Waals surface area contributed by atoms with Gasteiger partial charge in [0.05, 0.1) is 30.4 Å². The lowest BCUT2D eigenvalue weighted by Crippen LogP contribution is -2.29. The van der Waals surface area contributed by atoms with Crippen LogP contribution in [-0.4, -0.2) is 49.5 Å². The van der Waals surface area contributed by atoms with Crippen molar-refractivity contribution in [2.75, 3.05) is 19.5 Å². The van der Waals surface area contributed by atoms with Gasteiger partial charge in [-0.2, -0.15) is 9.78 Å². The van der Waals surface area contributed by atoms with Crippen molar-refractivity contribution in [3.8, 4) is 22.8 Å². The summed E-state index contributed by atoms with van der Waals surface area (Å²) in [4.78, 5) is 24.1. The fraction of sp³-hybridized carbons (Fsp3) is 0.150. The van der Waals surface area contributed by atoms with E-state index in [0.717, 1.165) is 0 Å². The van der Waals surface area contributed by atoms with Crippen molar-refractivity contribution in [2.24, 2.45) is 0 Å². The van der Waals surface area contributed by atoms with E-state index in [4.69, 9.17) is 9.47 Å². The minimum atomic E-state index is -0.897. The molecule has 1 aliphatic heterocycles. The van der Waals surface area contributed by atoms with Gasteiger partial charge in [0.15, 0.2) is 11.5 Å². The SMILES string of the molecule is COc1ccc(-c2n[nH]c(=O)c3c2C(c2ccccc2[N+](=O)[O-])n2nnnc2N3)cc1OC. The van der Waals surface area contributed by atoms with Crippen LogP contribution in [0.2, 0.25) is 0 Å². The Labute approximate surface area is 185 Å². The van der Waals surface area contributed by atoms with E-state index < -0.39 is 16.5 Å². The third-order valence-corrected chi connectivity index (χ3v) is 5.35. The molecular formula is C20H16N8O5. The van der Waals surface area contributed by atoms with Crippen LogP contribution in [0.3, 0.4) is 0 Å². The van der Waals surface area contributed by atoms with Gasteiger partial charge >= 0.3 is 0 Å². The topological polar surface area (TPSA) is 163 Å². The fourth-order valence-corrected chi connectivity index (χ4v) is 3.91. The zero-order valence-corrected chi connectivity index (χ0v) is 17.3. The number of aromatic nitrogens is 6. The smallest absolute Gasteiger partial charge is 0.288 e. The van der Waals surface area contributed by atoms with E-state index in [1.807, 2.05) is 0 Å². The maximum Gasteiger partial charge on any atom is 0.288 e. The molecule has 5 rings (SSSR count). The van der Waals surface area contributed by atoms with Gasteiger partial charge in [-0.05, 0) is 34.7 Å². The van der Waals surface area contributed by atoms with Crippen LogP contribution < -0.4 is 20.3 Å². The second kappa shape index (κ2) is 7.71. The number of aromatic amines is 1. The van der Waals surface area contributed by atoms with Crippen molar-refractivity contribution >= 4 is 17.3 Å². The number of methoxy groups -OCH3 is 2. The third-order valence-electron chi connectivity index (χ3n) is 5.35. The van der Waals surface area contributed by atoms with Gasteiger partial charge in [-0.15, -0.1) is 0 Å². The average molecular weight is 448 g/mol. The van der Waals surface area contributed by atoms with Crippen molar-refractivity contribution in [1.82, 2.24) is 30.4 Å². The second-order valence-electron chi connectivity index (χ2n) is 7.05. The van der Waals surface area contributed by atoms with Gasteiger partial charge in [-0.1, -0.05) is 17.2 Å². The maximum atomic E-state index is 12.8. The van der Waals surface area contributed by atoms with Crippen LogP contribution in [0.5, 0.6) is 11.5 Å². The summed E-state index contributed by atoms with van der Waals surface area (Å²) in [6.45, 7) is 0. The predicted molar refractivity (Wildman–Crippen MR) is 115 cm³/mol. The quantitative estimate of drug-likeness (QED) is 0.300. The molecule has 13 heteroatoms. The van der Waals surface area contributed by atoms with Gasteiger partial charge in [0.1, 0.15) is 11.7 Å². The molecule has 13 nitrogen and oxygen atoms in total. The summed E-state index contributed by atoms with van der Waals surface area (Å²) in [7, 11) is 3.02. The first kappa shape index (κ1) is 20.1. The Morgan fingerprint density at radius 2 is 1.91 bits per heavy atom. The Balaban J connectivity index is 1.83. The van der Waals surface area contributed by atoms with Gasteiger partial charge in [0.25, 0.3) is 11.2 Å². The molecule has 2 aromatic heterocycles. The summed E-state index contributed by atoms with van der Waals surface area (Å²) in [5, 5.41) is 33.1. The van der Waals surface area contributed by atoms with E-state index >= 15 is 0 Å². The number of nitrogens with one attached hydrogen (secondary N) is 2. The molecule has 2 N–H and O–H groups in total. The van der Waals surface area contributed by atoms with Gasteiger partial charge in [0.2, 0.25) is 5.95 Å². The molecule has 3 heterocycles. The van der Waals surface area contributed by atoms with E-state index in [-0.39, 0.29) is 17.3 Å². The van der Waals surface area contributed by atoms with Crippen molar-refractivity contribution in [3.63, 3.8) is 0 Å². The molecular weight excluding hydrogens is 432 g/mol. The van der Waals surface area contributed by atoms with Crippen LogP contribution in [-0.2, 0) is 0 Å². The van der Waals surface area contributed by atoms with Gasteiger partial charge in [-0.3, -0.25) is 14.9 Å². The number of nitro benzene ring substituents is 1. The molecule has 4 aromatic rings. The van der Waals surface area contributed by atoms with Gasteiger partial charge in [0, 0.05) is 17.2 Å². The highest BCUT2D eigenvalue weighted by Crippen LogP contribution is 2.44.